The molecule has 1 atom stereocenters. The van der Waals surface area contributed by atoms with Gasteiger partial charge < -0.3 is 9.16 Å². The Morgan fingerprint density at radius 1 is 1.27 bits per heavy atom. The lowest BCUT2D eigenvalue weighted by molar-refractivity contribution is 0.0591. The summed E-state index contributed by atoms with van der Waals surface area (Å²) in [7, 11) is -0.618. The molecule has 0 spiro atoms. The highest BCUT2D eigenvalue weighted by molar-refractivity contribution is 6.74. The molecule has 0 amide bonds. The maximum atomic E-state index is 13.0. The SMILES string of the molecule is COCC(Cn1c(=O)cnn(-c2ccc(Cl)c(C=O)c2)c1=O)O[Si](C)(C)C(C)(C)C. The molecule has 8 nitrogen and oxygen atoms in total. The van der Waals surface area contributed by atoms with Crippen LogP contribution in [-0.2, 0) is 15.7 Å². The zero-order valence-electron chi connectivity index (χ0n) is 18.1. The van der Waals surface area contributed by atoms with E-state index in [2.05, 4.69) is 39.0 Å². The molecule has 0 aliphatic carbocycles. The zero-order chi connectivity index (χ0) is 22.7. The first-order valence-corrected chi connectivity index (χ1v) is 12.8. The second-order valence-electron chi connectivity index (χ2n) is 8.57. The summed E-state index contributed by atoms with van der Waals surface area (Å²) in [6.07, 6.45) is 1.18. The Morgan fingerprint density at radius 2 is 1.93 bits per heavy atom. The number of aromatic nitrogens is 3. The van der Waals surface area contributed by atoms with E-state index in [0.717, 1.165) is 15.4 Å². The number of rotatable bonds is 8. The summed E-state index contributed by atoms with van der Waals surface area (Å²) in [4.78, 5) is 36.6. The molecule has 1 heterocycles. The van der Waals surface area contributed by atoms with Gasteiger partial charge in [-0.25, -0.2) is 4.79 Å². The zero-order valence-corrected chi connectivity index (χ0v) is 19.9. The lowest BCUT2D eigenvalue weighted by Gasteiger charge is -2.39. The standard InChI is InChI=1S/C20H28ClN3O5Si/c1-20(2,3)30(5,6)29-16(13-28-4)11-23-18(26)10-22-24(19(23)27)15-7-8-17(21)14(9-15)12-25/h7-10,12,16H,11,13H2,1-6H3. The van der Waals surface area contributed by atoms with Gasteiger partial charge in [-0.2, -0.15) is 9.78 Å². The number of benzene rings is 1. The lowest BCUT2D eigenvalue weighted by atomic mass is 10.2. The van der Waals surface area contributed by atoms with Gasteiger partial charge in [0.2, 0.25) is 0 Å². The van der Waals surface area contributed by atoms with Gasteiger partial charge in [-0.15, -0.1) is 0 Å². The van der Waals surface area contributed by atoms with Crippen LogP contribution in [-0.4, -0.2) is 48.8 Å². The number of hydrogen-bond donors (Lipinski definition) is 0. The number of carbonyl (C=O) groups is 1. The third-order valence-corrected chi connectivity index (χ3v) is 10.2. The molecular weight excluding hydrogens is 426 g/mol. The van der Waals surface area contributed by atoms with Crippen LogP contribution in [0.1, 0.15) is 31.1 Å². The molecular formula is C20H28ClN3O5Si. The third-order valence-electron chi connectivity index (χ3n) is 5.32. The minimum Gasteiger partial charge on any atom is -0.410 e. The normalized spacial score (nSPS) is 13.3. The summed E-state index contributed by atoms with van der Waals surface area (Å²) in [5, 5.41) is 4.15. The smallest absolute Gasteiger partial charge is 0.352 e. The van der Waals surface area contributed by atoms with E-state index < -0.39 is 25.7 Å². The van der Waals surface area contributed by atoms with E-state index >= 15 is 0 Å². The monoisotopic (exact) mass is 453 g/mol. The fourth-order valence-electron chi connectivity index (χ4n) is 2.64. The summed E-state index contributed by atoms with van der Waals surface area (Å²) in [6, 6.07) is 4.49. The van der Waals surface area contributed by atoms with Gasteiger partial charge in [0.05, 0.1) is 30.0 Å². The average Bonchev–Trinajstić information content (AvgIpc) is 2.65. The number of halogens is 1. The fraction of sp³-hybridized carbons (Fsp3) is 0.500. The maximum absolute atomic E-state index is 13.0. The van der Waals surface area contributed by atoms with E-state index in [1.165, 1.54) is 12.1 Å². The molecule has 0 radical (unpaired) electrons. The number of aldehydes is 1. The van der Waals surface area contributed by atoms with E-state index in [9.17, 15) is 14.4 Å². The molecule has 1 unspecified atom stereocenters. The van der Waals surface area contributed by atoms with E-state index in [0.29, 0.717) is 12.0 Å². The minimum atomic E-state index is -2.16. The van der Waals surface area contributed by atoms with Crippen molar-refractivity contribution < 1.29 is 14.0 Å². The van der Waals surface area contributed by atoms with Crippen molar-refractivity contribution in [1.29, 1.82) is 0 Å². The summed E-state index contributed by atoms with van der Waals surface area (Å²) in [5.74, 6) is 0. The fourth-order valence-corrected chi connectivity index (χ4v) is 4.13. The van der Waals surface area contributed by atoms with Crippen molar-refractivity contribution in [3.8, 4) is 5.69 Å². The molecule has 0 bridgehead atoms. The number of ether oxygens (including phenoxy) is 1. The minimum absolute atomic E-state index is 0.0225. The molecule has 0 saturated heterocycles. The van der Waals surface area contributed by atoms with Crippen LogP contribution in [0.15, 0.2) is 34.0 Å². The summed E-state index contributed by atoms with van der Waals surface area (Å²) < 4.78 is 13.8. The van der Waals surface area contributed by atoms with Crippen LogP contribution in [0.2, 0.25) is 23.2 Å². The van der Waals surface area contributed by atoms with Crippen molar-refractivity contribution in [2.45, 2.75) is 51.6 Å². The van der Waals surface area contributed by atoms with E-state index in [1.807, 2.05) is 0 Å². The molecule has 1 aromatic heterocycles. The van der Waals surface area contributed by atoms with Crippen LogP contribution in [0.3, 0.4) is 0 Å². The summed E-state index contributed by atoms with van der Waals surface area (Å²) >= 11 is 5.96. The first-order chi connectivity index (χ1) is 13.9. The topological polar surface area (TPSA) is 92.4 Å². The van der Waals surface area contributed by atoms with Crippen LogP contribution >= 0.6 is 11.6 Å². The Morgan fingerprint density at radius 3 is 2.50 bits per heavy atom. The second-order valence-corrected chi connectivity index (χ2v) is 13.7. The Labute approximate surface area is 181 Å². The van der Waals surface area contributed by atoms with Gasteiger partial charge >= 0.3 is 5.69 Å². The van der Waals surface area contributed by atoms with Gasteiger partial charge in [0.1, 0.15) is 6.20 Å². The molecule has 10 heteroatoms. The third kappa shape index (κ3) is 5.34. The highest BCUT2D eigenvalue weighted by Crippen LogP contribution is 2.37. The van der Waals surface area contributed by atoms with E-state index in [1.54, 1.807) is 13.2 Å². The Balaban J connectivity index is 2.46. The number of carbonyl (C=O) groups excluding carboxylic acids is 1. The number of methoxy groups -OCH3 is 1. The molecule has 0 aliphatic heterocycles. The van der Waals surface area contributed by atoms with Gasteiger partial charge in [-0.05, 0) is 36.3 Å². The van der Waals surface area contributed by atoms with Crippen molar-refractivity contribution in [2.24, 2.45) is 0 Å². The second kappa shape index (κ2) is 9.38. The van der Waals surface area contributed by atoms with Crippen LogP contribution in [0.5, 0.6) is 0 Å². The maximum Gasteiger partial charge on any atom is 0.352 e. The largest absolute Gasteiger partial charge is 0.410 e. The van der Waals surface area contributed by atoms with Crippen molar-refractivity contribution in [2.75, 3.05) is 13.7 Å². The summed E-state index contributed by atoms with van der Waals surface area (Å²) in [6.45, 7) is 10.8. The highest BCUT2D eigenvalue weighted by atomic mass is 35.5. The predicted octanol–water partition coefficient (Wildman–Crippen LogP) is 2.90. The molecule has 0 saturated carbocycles. The summed E-state index contributed by atoms with van der Waals surface area (Å²) in [5.41, 5.74) is -0.629. The van der Waals surface area contributed by atoms with Gasteiger partial charge in [-0.1, -0.05) is 32.4 Å². The van der Waals surface area contributed by atoms with Gasteiger partial charge in [0, 0.05) is 12.7 Å². The van der Waals surface area contributed by atoms with Gasteiger partial charge in [0.15, 0.2) is 14.6 Å². The Hall–Kier alpha value is -2.07. The molecule has 0 aliphatic rings. The Bertz CT molecular complexity index is 1030. The van der Waals surface area contributed by atoms with Crippen molar-refractivity contribution in [1.82, 2.24) is 14.3 Å². The van der Waals surface area contributed by atoms with Gasteiger partial charge in [0.25, 0.3) is 5.56 Å². The van der Waals surface area contributed by atoms with E-state index in [-0.39, 0.29) is 28.8 Å². The molecule has 2 aromatic rings. The van der Waals surface area contributed by atoms with Crippen molar-refractivity contribution in [3.05, 3.63) is 55.8 Å². The Kier molecular flexibility index (Phi) is 7.57. The van der Waals surface area contributed by atoms with Crippen molar-refractivity contribution >= 4 is 26.2 Å². The number of nitrogens with zero attached hydrogens (tertiary/aromatic N) is 3. The van der Waals surface area contributed by atoms with Crippen LogP contribution < -0.4 is 11.2 Å². The first kappa shape index (κ1) is 24.2. The lowest BCUT2D eigenvalue weighted by Crippen LogP contribution is -2.49. The molecule has 0 fully saturated rings. The van der Waals surface area contributed by atoms with Gasteiger partial charge in [-0.3, -0.25) is 14.2 Å². The predicted molar refractivity (Wildman–Crippen MR) is 118 cm³/mol. The number of hydrogen-bond acceptors (Lipinski definition) is 6. The highest BCUT2D eigenvalue weighted by Gasteiger charge is 2.39. The average molecular weight is 454 g/mol. The molecule has 2 rings (SSSR count). The van der Waals surface area contributed by atoms with Crippen LogP contribution in [0, 0.1) is 0 Å². The van der Waals surface area contributed by atoms with E-state index in [4.69, 9.17) is 20.8 Å². The molecule has 30 heavy (non-hydrogen) atoms. The molecule has 164 valence electrons. The van der Waals surface area contributed by atoms with Crippen molar-refractivity contribution in [3.63, 3.8) is 0 Å². The first-order valence-electron chi connectivity index (χ1n) is 9.52. The van der Waals surface area contributed by atoms with Crippen LogP contribution in [0.4, 0.5) is 0 Å². The van der Waals surface area contributed by atoms with Crippen LogP contribution in [0.25, 0.3) is 5.69 Å². The molecule has 0 N–H and O–H groups in total. The molecule has 1 aromatic carbocycles. The quantitative estimate of drug-likeness (QED) is 0.450.